The van der Waals surface area contributed by atoms with E-state index in [1.54, 1.807) is 0 Å². The lowest BCUT2D eigenvalue weighted by molar-refractivity contribution is 0.194. The second kappa shape index (κ2) is 15.3. The highest BCUT2D eigenvalue weighted by molar-refractivity contribution is 7.51. The first-order valence-electron chi connectivity index (χ1n) is 9.23. The van der Waals surface area contributed by atoms with Crippen molar-refractivity contribution in [1.29, 1.82) is 0 Å². The molecule has 152 valence electrons. The Hall–Kier alpha value is 0.220. The van der Waals surface area contributed by atoms with Crippen molar-refractivity contribution in [2.24, 2.45) is 0 Å². The fourth-order valence-electron chi connectivity index (χ4n) is 1.62. The molecular formula is C15H36N2O6P2. The highest BCUT2D eigenvalue weighted by Gasteiger charge is 2.25. The lowest BCUT2D eigenvalue weighted by atomic mass is 10.4. The van der Waals surface area contributed by atoms with E-state index in [-0.39, 0.29) is 0 Å². The molecule has 0 fully saturated rings. The van der Waals surface area contributed by atoms with Crippen LogP contribution < -0.4 is 10.2 Å². The second-order valence-electron chi connectivity index (χ2n) is 5.50. The van der Waals surface area contributed by atoms with Gasteiger partial charge in [-0.15, -0.1) is 0 Å². The standard InChI is InChI=1S/C15H36N2O6P2/c1-5-12-20-24(18,21-13-6-2)16-10-9-11-17-25(19,22-14-7-3)23-15-8-4/h5-15H2,1-4H3,(H,16,18)(H,17,19). The van der Waals surface area contributed by atoms with Gasteiger partial charge >= 0.3 is 15.5 Å². The summed E-state index contributed by atoms with van der Waals surface area (Å²) >= 11 is 0. The van der Waals surface area contributed by atoms with Gasteiger partial charge in [0.25, 0.3) is 0 Å². The van der Waals surface area contributed by atoms with Crippen molar-refractivity contribution in [2.45, 2.75) is 59.8 Å². The predicted octanol–water partition coefficient (Wildman–Crippen LogP) is 4.48. The lowest BCUT2D eigenvalue weighted by Gasteiger charge is -2.20. The van der Waals surface area contributed by atoms with E-state index >= 15 is 0 Å². The third-order valence-electron chi connectivity index (χ3n) is 2.83. The Balaban J connectivity index is 4.26. The Morgan fingerprint density at radius 2 is 0.880 bits per heavy atom. The summed E-state index contributed by atoms with van der Waals surface area (Å²) in [5, 5.41) is 5.68. The van der Waals surface area contributed by atoms with Crippen LogP contribution in [0.4, 0.5) is 0 Å². The first kappa shape index (κ1) is 25.2. The van der Waals surface area contributed by atoms with E-state index in [1.165, 1.54) is 0 Å². The van der Waals surface area contributed by atoms with Crippen molar-refractivity contribution in [3.8, 4) is 0 Å². The van der Waals surface area contributed by atoms with E-state index in [1.807, 2.05) is 27.7 Å². The number of rotatable bonds is 18. The van der Waals surface area contributed by atoms with Gasteiger partial charge < -0.3 is 0 Å². The minimum Gasteiger partial charge on any atom is -0.297 e. The number of nitrogens with one attached hydrogen (secondary N) is 2. The van der Waals surface area contributed by atoms with Gasteiger partial charge in [-0.25, -0.2) is 19.3 Å². The highest BCUT2D eigenvalue weighted by atomic mass is 31.2. The molecule has 8 nitrogen and oxygen atoms in total. The van der Waals surface area contributed by atoms with Crippen LogP contribution in [0.15, 0.2) is 0 Å². The van der Waals surface area contributed by atoms with Crippen molar-refractivity contribution in [3.63, 3.8) is 0 Å². The summed E-state index contributed by atoms with van der Waals surface area (Å²) in [6, 6.07) is 0. The van der Waals surface area contributed by atoms with Crippen LogP contribution in [0.1, 0.15) is 59.8 Å². The van der Waals surface area contributed by atoms with E-state index < -0.39 is 15.5 Å². The Bertz CT molecular complexity index is 351. The van der Waals surface area contributed by atoms with Crippen LogP contribution in [0.25, 0.3) is 0 Å². The molecule has 0 heterocycles. The van der Waals surface area contributed by atoms with Crippen molar-refractivity contribution in [1.82, 2.24) is 10.2 Å². The number of hydrogen-bond donors (Lipinski definition) is 2. The fraction of sp³-hybridized carbons (Fsp3) is 1.00. The predicted molar refractivity (Wildman–Crippen MR) is 101 cm³/mol. The molecule has 0 radical (unpaired) electrons. The summed E-state index contributed by atoms with van der Waals surface area (Å²) < 4.78 is 46.3. The molecular weight excluding hydrogens is 366 g/mol. The Kier molecular flexibility index (Phi) is 15.4. The zero-order chi connectivity index (χ0) is 19.0. The Morgan fingerprint density at radius 1 is 0.600 bits per heavy atom. The van der Waals surface area contributed by atoms with Crippen LogP contribution >= 0.6 is 15.5 Å². The molecule has 0 aliphatic carbocycles. The zero-order valence-corrected chi connectivity index (χ0v) is 17.9. The maximum atomic E-state index is 12.5. The van der Waals surface area contributed by atoms with Crippen molar-refractivity contribution < 1.29 is 27.2 Å². The van der Waals surface area contributed by atoms with Crippen molar-refractivity contribution in [3.05, 3.63) is 0 Å². The maximum absolute atomic E-state index is 12.5. The van der Waals surface area contributed by atoms with Gasteiger partial charge in [-0.05, 0) is 32.1 Å². The first-order chi connectivity index (χ1) is 11.9. The first-order valence-corrected chi connectivity index (χ1v) is 12.3. The van der Waals surface area contributed by atoms with E-state index in [4.69, 9.17) is 18.1 Å². The van der Waals surface area contributed by atoms with Crippen molar-refractivity contribution >= 4 is 15.5 Å². The molecule has 0 rings (SSSR count). The maximum Gasteiger partial charge on any atom is 0.405 e. The molecule has 25 heavy (non-hydrogen) atoms. The molecule has 0 amide bonds. The van der Waals surface area contributed by atoms with Gasteiger partial charge in [-0.2, -0.15) is 0 Å². The van der Waals surface area contributed by atoms with Crippen LogP contribution in [-0.4, -0.2) is 39.5 Å². The molecule has 0 aliphatic rings. The fourth-order valence-corrected chi connectivity index (χ4v) is 4.69. The molecule has 0 unspecified atom stereocenters. The topological polar surface area (TPSA) is 95.1 Å². The monoisotopic (exact) mass is 402 g/mol. The highest BCUT2D eigenvalue weighted by Crippen LogP contribution is 2.45. The average Bonchev–Trinajstić information content (AvgIpc) is 2.61. The quantitative estimate of drug-likeness (QED) is 0.256. The van der Waals surface area contributed by atoms with Crippen molar-refractivity contribution in [2.75, 3.05) is 39.5 Å². The normalized spacial score (nSPS) is 12.6. The Morgan fingerprint density at radius 3 is 1.12 bits per heavy atom. The van der Waals surface area contributed by atoms with Gasteiger partial charge in [0.1, 0.15) is 0 Å². The third-order valence-corrected chi connectivity index (χ3v) is 6.14. The lowest BCUT2D eigenvalue weighted by Crippen LogP contribution is -2.22. The molecule has 2 N–H and O–H groups in total. The van der Waals surface area contributed by atoms with E-state index in [2.05, 4.69) is 10.2 Å². The average molecular weight is 402 g/mol. The molecule has 0 aromatic rings. The molecule has 0 saturated heterocycles. The van der Waals surface area contributed by atoms with Gasteiger partial charge in [0.2, 0.25) is 0 Å². The summed E-state index contributed by atoms with van der Waals surface area (Å²) in [5.74, 6) is 0. The number of hydrogen-bond acceptors (Lipinski definition) is 6. The minimum atomic E-state index is -3.28. The van der Waals surface area contributed by atoms with Gasteiger partial charge in [0.05, 0.1) is 26.4 Å². The molecule has 0 bridgehead atoms. The summed E-state index contributed by atoms with van der Waals surface area (Å²) in [4.78, 5) is 0. The van der Waals surface area contributed by atoms with Crippen LogP contribution in [0.5, 0.6) is 0 Å². The van der Waals surface area contributed by atoms with Crippen LogP contribution in [0.2, 0.25) is 0 Å². The van der Waals surface area contributed by atoms with Gasteiger partial charge in [0.15, 0.2) is 0 Å². The smallest absolute Gasteiger partial charge is 0.297 e. The molecule has 0 aromatic carbocycles. The summed E-state index contributed by atoms with van der Waals surface area (Å²) in [6.07, 6.45) is 3.61. The molecule has 0 saturated carbocycles. The minimum absolute atomic E-state index is 0.372. The SMILES string of the molecule is CCCOP(=O)(NCCCNP(=O)(OCCC)OCCC)OCCC. The molecule has 0 aliphatic heterocycles. The molecule has 0 spiro atoms. The Labute approximate surface area is 152 Å². The molecule has 0 aromatic heterocycles. The van der Waals surface area contributed by atoms with E-state index in [0.717, 1.165) is 25.7 Å². The summed E-state index contributed by atoms with van der Waals surface area (Å²) in [7, 11) is -6.56. The zero-order valence-electron chi connectivity index (χ0n) is 16.1. The third kappa shape index (κ3) is 13.1. The summed E-state index contributed by atoms with van der Waals surface area (Å²) in [5.41, 5.74) is 0. The van der Waals surface area contributed by atoms with Crippen LogP contribution in [0, 0.1) is 0 Å². The van der Waals surface area contributed by atoms with Crippen LogP contribution in [-0.2, 0) is 27.2 Å². The van der Waals surface area contributed by atoms with Gasteiger partial charge in [0, 0.05) is 13.1 Å². The van der Waals surface area contributed by atoms with Gasteiger partial charge in [-0.3, -0.25) is 18.1 Å². The summed E-state index contributed by atoms with van der Waals surface area (Å²) in [6.45, 7) is 10.1. The largest absolute Gasteiger partial charge is 0.405 e. The molecule has 0 atom stereocenters. The van der Waals surface area contributed by atoms with Gasteiger partial charge in [-0.1, -0.05) is 27.7 Å². The van der Waals surface area contributed by atoms with E-state index in [0.29, 0.717) is 45.9 Å². The van der Waals surface area contributed by atoms with Crippen LogP contribution in [0.3, 0.4) is 0 Å². The molecule has 10 heteroatoms. The second-order valence-corrected chi connectivity index (χ2v) is 9.15. The van der Waals surface area contributed by atoms with E-state index in [9.17, 15) is 9.13 Å².